The topological polar surface area (TPSA) is 37.3 Å². The maximum Gasteiger partial charge on any atom is 0.307 e. The number of carboxylic acid groups (broad SMARTS) is 1. The van der Waals surface area contributed by atoms with Crippen molar-refractivity contribution in [2.45, 2.75) is 13.8 Å². The van der Waals surface area contributed by atoms with Crippen molar-refractivity contribution in [1.29, 1.82) is 0 Å². The third-order valence-electron chi connectivity index (χ3n) is 2.55. The Kier molecular flexibility index (Phi) is 3.01. The summed E-state index contributed by atoms with van der Waals surface area (Å²) in [5.41, 5.74) is -0.264. The number of hydrogen-bond acceptors (Lipinski definition) is 1. The first-order valence-corrected chi connectivity index (χ1v) is 5.28. The lowest BCUT2D eigenvalue weighted by molar-refractivity contribution is -0.139. The summed E-state index contributed by atoms with van der Waals surface area (Å²) in [6.45, 7) is 3.77. The lowest BCUT2D eigenvalue weighted by Gasteiger charge is -2.00. The van der Waals surface area contributed by atoms with Gasteiger partial charge in [0, 0.05) is 10.4 Å². The molecule has 0 spiro atoms. The van der Waals surface area contributed by atoms with Gasteiger partial charge in [0.1, 0.15) is 4.49 Å². The van der Waals surface area contributed by atoms with E-state index in [1.54, 1.807) is 0 Å². The van der Waals surface area contributed by atoms with Gasteiger partial charge in [0.2, 0.25) is 0 Å². The van der Waals surface area contributed by atoms with Crippen LogP contribution in [-0.2, 0) is 4.79 Å². The van der Waals surface area contributed by atoms with E-state index in [1.165, 1.54) is 0 Å². The van der Waals surface area contributed by atoms with Crippen molar-refractivity contribution in [2.75, 3.05) is 0 Å². The number of aliphatic carboxylic acids is 1. The zero-order valence-corrected chi connectivity index (χ0v) is 10.2. The van der Waals surface area contributed by atoms with Gasteiger partial charge in [-0.15, -0.1) is 0 Å². The molecule has 74 valence electrons. The number of hydrogen-bond donors (Lipinski definition) is 1. The van der Waals surface area contributed by atoms with E-state index in [1.807, 2.05) is 13.8 Å². The van der Waals surface area contributed by atoms with Crippen LogP contribution in [0.5, 0.6) is 0 Å². The van der Waals surface area contributed by atoms with Crippen LogP contribution in [0, 0.1) is 17.3 Å². The Balaban J connectivity index is 2.89. The molecule has 2 unspecified atom stereocenters. The van der Waals surface area contributed by atoms with Crippen molar-refractivity contribution < 1.29 is 9.90 Å². The Labute approximate surface area is 95.0 Å². The smallest absolute Gasteiger partial charge is 0.307 e. The van der Waals surface area contributed by atoms with E-state index in [0.717, 1.165) is 0 Å². The predicted molar refractivity (Wildman–Crippen MR) is 56.1 cm³/mol. The second-order valence-electron chi connectivity index (χ2n) is 3.72. The van der Waals surface area contributed by atoms with Crippen molar-refractivity contribution in [2.24, 2.45) is 17.3 Å². The fourth-order valence-electron chi connectivity index (χ4n) is 1.69. The average molecular weight is 288 g/mol. The molecule has 0 aliphatic heterocycles. The minimum absolute atomic E-state index is 0.102. The molecule has 13 heavy (non-hydrogen) atoms. The molecule has 0 aromatic carbocycles. The molecule has 0 bridgehead atoms. The Morgan fingerprint density at radius 1 is 1.38 bits per heavy atom. The van der Waals surface area contributed by atoms with Gasteiger partial charge >= 0.3 is 5.97 Å². The van der Waals surface area contributed by atoms with Gasteiger partial charge in [-0.05, 0) is 5.41 Å². The fourth-order valence-corrected chi connectivity index (χ4v) is 2.78. The molecule has 0 saturated heterocycles. The summed E-state index contributed by atoms with van der Waals surface area (Å²) in [6, 6.07) is 0. The van der Waals surface area contributed by atoms with Crippen LogP contribution in [0.1, 0.15) is 13.8 Å². The Hall–Kier alpha value is 0.270. The summed E-state index contributed by atoms with van der Waals surface area (Å²) in [4.78, 5) is 10.8. The first-order chi connectivity index (χ1) is 5.80. The molecule has 5 heteroatoms. The summed E-state index contributed by atoms with van der Waals surface area (Å²) in [5, 5.41) is 8.86. The van der Waals surface area contributed by atoms with E-state index in [-0.39, 0.29) is 15.8 Å². The molecule has 0 aromatic rings. The van der Waals surface area contributed by atoms with Crippen molar-refractivity contribution in [1.82, 2.24) is 0 Å². The summed E-state index contributed by atoms with van der Waals surface area (Å²) >= 11 is 14.3. The molecule has 0 radical (unpaired) electrons. The van der Waals surface area contributed by atoms with Crippen LogP contribution in [-0.4, -0.2) is 11.1 Å². The number of carbonyl (C=O) groups is 1. The third-order valence-corrected chi connectivity index (χ3v) is 4.30. The van der Waals surface area contributed by atoms with Gasteiger partial charge in [0.05, 0.1) is 5.92 Å². The summed E-state index contributed by atoms with van der Waals surface area (Å²) in [7, 11) is 0. The van der Waals surface area contributed by atoms with Gasteiger partial charge in [0.25, 0.3) is 0 Å². The molecule has 1 aliphatic carbocycles. The van der Waals surface area contributed by atoms with Crippen molar-refractivity contribution in [3.05, 3.63) is 8.97 Å². The zero-order chi connectivity index (χ0) is 10.4. The molecule has 0 aromatic heterocycles. The Morgan fingerprint density at radius 3 is 2.08 bits per heavy atom. The summed E-state index contributed by atoms with van der Waals surface area (Å²) in [5.74, 6) is -1.30. The first kappa shape index (κ1) is 11.3. The molecular formula is C8H9BrCl2O2. The van der Waals surface area contributed by atoms with Gasteiger partial charge in [-0.25, -0.2) is 0 Å². The predicted octanol–water partition coefficient (Wildman–Crippen LogP) is 3.38. The molecule has 0 amide bonds. The highest BCUT2D eigenvalue weighted by Gasteiger charge is 2.63. The molecule has 2 nitrogen and oxygen atoms in total. The minimum atomic E-state index is -0.804. The number of halogens is 3. The van der Waals surface area contributed by atoms with Crippen LogP contribution in [0.15, 0.2) is 8.97 Å². The van der Waals surface area contributed by atoms with Gasteiger partial charge in [-0.3, -0.25) is 4.79 Å². The third kappa shape index (κ3) is 1.88. The molecule has 1 N–H and O–H groups in total. The minimum Gasteiger partial charge on any atom is -0.481 e. The van der Waals surface area contributed by atoms with Gasteiger partial charge < -0.3 is 5.11 Å². The molecule has 2 atom stereocenters. The zero-order valence-electron chi connectivity index (χ0n) is 7.14. The largest absolute Gasteiger partial charge is 0.481 e. The monoisotopic (exact) mass is 286 g/mol. The van der Waals surface area contributed by atoms with E-state index < -0.39 is 11.9 Å². The van der Waals surface area contributed by atoms with Crippen molar-refractivity contribution in [3.8, 4) is 0 Å². The number of carboxylic acids is 1. The van der Waals surface area contributed by atoms with Crippen LogP contribution in [0.3, 0.4) is 0 Å². The molecule has 1 rings (SSSR count). The number of rotatable bonds is 2. The van der Waals surface area contributed by atoms with E-state index in [2.05, 4.69) is 15.9 Å². The van der Waals surface area contributed by atoms with Crippen LogP contribution in [0.2, 0.25) is 0 Å². The SMILES string of the molecule is CC1(C)C(C(=O)O)C1C(Br)=C(Cl)Cl. The van der Waals surface area contributed by atoms with Crippen LogP contribution < -0.4 is 0 Å². The van der Waals surface area contributed by atoms with E-state index in [4.69, 9.17) is 28.3 Å². The highest BCUT2D eigenvalue weighted by molar-refractivity contribution is 9.11. The quantitative estimate of drug-likeness (QED) is 0.845. The number of allylic oxidation sites excluding steroid dienone is 1. The van der Waals surface area contributed by atoms with Crippen LogP contribution >= 0.6 is 39.1 Å². The van der Waals surface area contributed by atoms with Gasteiger partial charge in [-0.2, -0.15) is 0 Å². The maximum absolute atomic E-state index is 10.8. The molecule has 1 saturated carbocycles. The highest BCUT2D eigenvalue weighted by Crippen LogP contribution is 2.63. The Bertz CT molecular complexity index is 282. The Morgan fingerprint density at radius 2 is 1.85 bits per heavy atom. The van der Waals surface area contributed by atoms with Crippen LogP contribution in [0.4, 0.5) is 0 Å². The molecule has 0 heterocycles. The molecule has 1 aliphatic rings. The summed E-state index contributed by atoms with van der Waals surface area (Å²) in [6.07, 6.45) is 0. The summed E-state index contributed by atoms with van der Waals surface area (Å²) < 4.78 is 0.704. The fraction of sp³-hybridized carbons (Fsp3) is 0.625. The van der Waals surface area contributed by atoms with Gasteiger partial charge in [-0.1, -0.05) is 53.0 Å². The van der Waals surface area contributed by atoms with Gasteiger partial charge in [0.15, 0.2) is 0 Å². The lowest BCUT2D eigenvalue weighted by atomic mass is 10.1. The van der Waals surface area contributed by atoms with Crippen molar-refractivity contribution in [3.63, 3.8) is 0 Å². The lowest BCUT2D eigenvalue weighted by Crippen LogP contribution is -2.03. The second kappa shape index (κ2) is 3.44. The maximum atomic E-state index is 10.8. The first-order valence-electron chi connectivity index (χ1n) is 3.73. The second-order valence-corrected chi connectivity index (χ2v) is 5.53. The van der Waals surface area contributed by atoms with E-state index >= 15 is 0 Å². The standard InChI is InChI=1S/C8H9BrCl2O2/c1-8(2)3(4(8)7(12)13)5(9)6(10)11/h3-4H,1-2H3,(H,12,13). The van der Waals surface area contributed by atoms with Crippen LogP contribution in [0.25, 0.3) is 0 Å². The molecular weight excluding hydrogens is 279 g/mol. The van der Waals surface area contributed by atoms with E-state index in [0.29, 0.717) is 4.48 Å². The highest BCUT2D eigenvalue weighted by atomic mass is 79.9. The normalized spacial score (nSPS) is 29.6. The van der Waals surface area contributed by atoms with Crippen molar-refractivity contribution >= 4 is 45.1 Å². The van der Waals surface area contributed by atoms with E-state index in [9.17, 15) is 4.79 Å². The average Bonchev–Trinajstić information content (AvgIpc) is 2.51. The molecule has 1 fully saturated rings.